The molecule has 0 aliphatic heterocycles. The molecule has 2 aromatic heterocycles. The number of H-pyrrole nitrogens is 2. The molecule has 0 unspecified atom stereocenters. The van der Waals surface area contributed by atoms with E-state index in [4.69, 9.17) is 0 Å². The molecule has 4 nitrogen and oxygen atoms in total. The molecule has 0 aliphatic rings. The SMILES string of the molecule is CCCCCCCCN(CCCCCCCC)c1cc2c(ccc3c2ccc2c4ccc5[nH]c(N(CCCCCCCC)CCCCCCCC)cc5c4ccc32)[nH]1. The summed E-state index contributed by atoms with van der Waals surface area (Å²) in [6.07, 6.45) is 32.2. The first-order valence-electron chi connectivity index (χ1n) is 24.6. The zero-order valence-corrected chi connectivity index (χ0v) is 37.5. The largest absolute Gasteiger partial charge is 0.358 e. The highest BCUT2D eigenvalue weighted by molar-refractivity contribution is 6.25. The number of nitrogens with one attached hydrogen (secondary N) is 2. The molecule has 0 bridgehead atoms. The van der Waals surface area contributed by atoms with Crippen LogP contribution in [0.2, 0.25) is 0 Å². The van der Waals surface area contributed by atoms with Gasteiger partial charge in [0.25, 0.3) is 0 Å². The number of rotatable bonds is 30. The number of benzene rings is 4. The van der Waals surface area contributed by atoms with Crippen LogP contribution in [0.3, 0.4) is 0 Å². The number of unbranched alkanes of at least 4 members (excludes halogenated alkanes) is 20. The molecule has 6 rings (SSSR count). The van der Waals surface area contributed by atoms with Crippen LogP contribution in [0.4, 0.5) is 11.6 Å². The van der Waals surface area contributed by atoms with Gasteiger partial charge in [-0.15, -0.1) is 0 Å². The fourth-order valence-corrected chi connectivity index (χ4v) is 9.61. The molecule has 2 N–H and O–H groups in total. The van der Waals surface area contributed by atoms with Gasteiger partial charge in [0, 0.05) is 48.0 Å². The lowest BCUT2D eigenvalue weighted by atomic mass is 9.94. The predicted molar refractivity (Wildman–Crippen MR) is 261 cm³/mol. The van der Waals surface area contributed by atoms with Crippen LogP contribution < -0.4 is 9.80 Å². The highest BCUT2D eigenvalue weighted by Gasteiger charge is 2.16. The van der Waals surface area contributed by atoms with Crippen LogP contribution in [0.15, 0.2) is 60.7 Å². The van der Waals surface area contributed by atoms with Gasteiger partial charge in [-0.05, 0) is 82.3 Å². The molecule has 0 spiro atoms. The molecule has 0 radical (unpaired) electrons. The minimum Gasteiger partial charge on any atom is -0.358 e. The summed E-state index contributed by atoms with van der Waals surface area (Å²) in [5.74, 6) is 2.60. The standard InChI is InChI=1S/C54H80N4/c1-5-9-13-17-21-25-37-57(38-26-22-18-14-10-6-2)53-41-49-47-31-29-44-43(45(47)33-35-51(49)55-53)30-32-48-46(44)34-36-52-50(48)42-54(56-52)58(39-27-23-19-15-11-7-3)40-28-24-20-16-12-8-4/h29-36,41-42,55-56H,5-28,37-40H2,1-4H3. The molecule has 0 amide bonds. The lowest BCUT2D eigenvalue weighted by Crippen LogP contribution is -2.26. The van der Waals surface area contributed by atoms with E-state index in [2.05, 4.69) is 108 Å². The number of nitrogens with zero attached hydrogens (tertiary/aromatic N) is 2. The van der Waals surface area contributed by atoms with Gasteiger partial charge in [-0.25, -0.2) is 0 Å². The molecule has 2 heterocycles. The number of hydrogen-bond acceptors (Lipinski definition) is 2. The summed E-state index contributed by atoms with van der Waals surface area (Å²) in [6.45, 7) is 13.8. The van der Waals surface area contributed by atoms with Crippen molar-refractivity contribution in [3.05, 3.63) is 60.7 Å². The van der Waals surface area contributed by atoms with E-state index < -0.39 is 0 Å². The Morgan fingerprint density at radius 1 is 0.293 bits per heavy atom. The number of aromatic amines is 2. The summed E-state index contributed by atoms with van der Waals surface area (Å²) in [5, 5.41) is 10.8. The molecule has 316 valence electrons. The number of aromatic nitrogens is 2. The highest BCUT2D eigenvalue weighted by Crippen LogP contribution is 2.39. The first-order chi connectivity index (χ1) is 28.7. The number of fused-ring (bicyclic) bond motifs is 9. The Labute approximate surface area is 352 Å². The molecule has 0 fully saturated rings. The van der Waals surface area contributed by atoms with Crippen LogP contribution >= 0.6 is 0 Å². The second-order valence-electron chi connectivity index (χ2n) is 17.8. The molecule has 0 saturated carbocycles. The predicted octanol–water partition coefficient (Wildman–Crippen LogP) is 17.2. The molecule has 0 atom stereocenters. The smallest absolute Gasteiger partial charge is 0.106 e. The van der Waals surface area contributed by atoms with Crippen LogP contribution in [0, 0.1) is 0 Å². The van der Waals surface area contributed by atoms with E-state index in [0.29, 0.717) is 0 Å². The lowest BCUT2D eigenvalue weighted by Gasteiger charge is -2.23. The minimum absolute atomic E-state index is 1.14. The first kappa shape index (κ1) is 43.9. The molecule has 0 saturated heterocycles. The van der Waals surface area contributed by atoms with Gasteiger partial charge < -0.3 is 19.8 Å². The van der Waals surface area contributed by atoms with E-state index in [1.165, 1.54) is 220 Å². The maximum Gasteiger partial charge on any atom is 0.106 e. The van der Waals surface area contributed by atoms with E-state index in [0.717, 1.165) is 26.2 Å². The molecule has 4 aromatic carbocycles. The van der Waals surface area contributed by atoms with Crippen molar-refractivity contribution in [3.63, 3.8) is 0 Å². The Balaban J connectivity index is 1.24. The Bertz CT molecular complexity index is 1900. The van der Waals surface area contributed by atoms with Crippen molar-refractivity contribution < 1.29 is 0 Å². The van der Waals surface area contributed by atoms with Crippen molar-refractivity contribution in [1.82, 2.24) is 9.97 Å². The monoisotopic (exact) mass is 785 g/mol. The first-order valence-corrected chi connectivity index (χ1v) is 24.6. The van der Waals surface area contributed by atoms with Crippen molar-refractivity contribution in [2.45, 2.75) is 182 Å². The lowest BCUT2D eigenvalue weighted by molar-refractivity contribution is 0.573. The van der Waals surface area contributed by atoms with Gasteiger partial charge in [0.05, 0.1) is 0 Å². The summed E-state index contributed by atoms with van der Waals surface area (Å²) in [5.41, 5.74) is 2.51. The van der Waals surface area contributed by atoms with Crippen LogP contribution in [0.5, 0.6) is 0 Å². The van der Waals surface area contributed by atoms with Gasteiger partial charge in [-0.2, -0.15) is 0 Å². The molecule has 6 aromatic rings. The van der Waals surface area contributed by atoms with E-state index in [9.17, 15) is 0 Å². The van der Waals surface area contributed by atoms with Gasteiger partial charge in [0.15, 0.2) is 0 Å². The molecule has 58 heavy (non-hydrogen) atoms. The Kier molecular flexibility index (Phi) is 18.0. The van der Waals surface area contributed by atoms with Crippen molar-refractivity contribution >= 4 is 65.8 Å². The fraction of sp³-hybridized carbons (Fsp3) is 0.593. The third-order valence-electron chi connectivity index (χ3n) is 13.2. The second-order valence-corrected chi connectivity index (χ2v) is 17.8. The van der Waals surface area contributed by atoms with Crippen LogP contribution in [-0.4, -0.2) is 36.1 Å². The molecular formula is C54H80N4. The maximum absolute atomic E-state index is 3.89. The van der Waals surface area contributed by atoms with E-state index in [1.54, 1.807) is 0 Å². The molecular weight excluding hydrogens is 705 g/mol. The summed E-state index contributed by atoms with van der Waals surface area (Å²) in [4.78, 5) is 13.1. The van der Waals surface area contributed by atoms with Crippen LogP contribution in [0.25, 0.3) is 54.1 Å². The van der Waals surface area contributed by atoms with Gasteiger partial charge in [-0.1, -0.05) is 193 Å². The topological polar surface area (TPSA) is 38.1 Å². The van der Waals surface area contributed by atoms with Crippen molar-refractivity contribution in [2.75, 3.05) is 36.0 Å². The van der Waals surface area contributed by atoms with Gasteiger partial charge in [0.1, 0.15) is 11.6 Å². The summed E-state index contributed by atoms with van der Waals surface area (Å²) in [7, 11) is 0. The zero-order chi connectivity index (χ0) is 40.4. The fourth-order valence-electron chi connectivity index (χ4n) is 9.61. The van der Waals surface area contributed by atoms with E-state index in [1.807, 2.05) is 0 Å². The number of anilines is 2. The Morgan fingerprint density at radius 3 is 0.828 bits per heavy atom. The average Bonchev–Trinajstić information content (AvgIpc) is 3.89. The average molecular weight is 785 g/mol. The highest BCUT2D eigenvalue weighted by atomic mass is 15.2. The second kappa shape index (κ2) is 23.8. The minimum atomic E-state index is 1.14. The summed E-state index contributed by atoms with van der Waals surface area (Å²) < 4.78 is 0. The third-order valence-corrected chi connectivity index (χ3v) is 13.2. The van der Waals surface area contributed by atoms with Crippen LogP contribution in [-0.2, 0) is 0 Å². The van der Waals surface area contributed by atoms with Gasteiger partial charge in [-0.3, -0.25) is 0 Å². The maximum atomic E-state index is 3.89. The van der Waals surface area contributed by atoms with Crippen molar-refractivity contribution in [3.8, 4) is 0 Å². The Hall–Kier alpha value is -3.66. The summed E-state index contributed by atoms with van der Waals surface area (Å²) >= 11 is 0. The van der Waals surface area contributed by atoms with E-state index >= 15 is 0 Å². The van der Waals surface area contributed by atoms with Gasteiger partial charge in [0.2, 0.25) is 0 Å². The third kappa shape index (κ3) is 11.8. The van der Waals surface area contributed by atoms with Gasteiger partial charge >= 0.3 is 0 Å². The summed E-state index contributed by atoms with van der Waals surface area (Å²) in [6, 6.07) is 23.9. The van der Waals surface area contributed by atoms with Crippen molar-refractivity contribution in [1.29, 1.82) is 0 Å². The zero-order valence-electron chi connectivity index (χ0n) is 37.5. The van der Waals surface area contributed by atoms with Crippen molar-refractivity contribution in [2.24, 2.45) is 0 Å². The van der Waals surface area contributed by atoms with Crippen LogP contribution in [0.1, 0.15) is 182 Å². The normalized spacial score (nSPS) is 12.0. The van der Waals surface area contributed by atoms with E-state index in [-0.39, 0.29) is 0 Å². The molecule has 4 heteroatoms. The number of hydrogen-bond donors (Lipinski definition) is 2. The molecule has 0 aliphatic carbocycles. The Morgan fingerprint density at radius 2 is 0.534 bits per heavy atom. The quantitative estimate of drug-likeness (QED) is 0.0353.